The average molecular weight is 145 g/mol. The highest BCUT2D eigenvalue weighted by atomic mass is 16.5. The van der Waals surface area contributed by atoms with Crippen molar-refractivity contribution in [2.24, 2.45) is 5.73 Å². The van der Waals surface area contributed by atoms with Crippen molar-refractivity contribution in [3.63, 3.8) is 0 Å². The zero-order valence-electron chi connectivity index (χ0n) is 5.45. The summed E-state index contributed by atoms with van der Waals surface area (Å²) in [5.41, 5.74) is 4.90. The number of hydrogen-bond acceptors (Lipinski definition) is 3. The van der Waals surface area contributed by atoms with Gasteiger partial charge in [0.05, 0.1) is 0 Å². The molecule has 1 aliphatic rings. The maximum Gasteiger partial charge on any atom is 0.300 e. The van der Waals surface area contributed by atoms with E-state index in [2.05, 4.69) is 0 Å². The van der Waals surface area contributed by atoms with E-state index in [1.54, 1.807) is 0 Å². The van der Waals surface area contributed by atoms with Crippen molar-refractivity contribution in [1.29, 1.82) is 0 Å². The lowest BCUT2D eigenvalue weighted by atomic mass is 10.3. The van der Waals surface area contributed by atoms with Gasteiger partial charge in [0.25, 0.3) is 5.91 Å². The molecule has 1 amide bonds. The highest BCUT2D eigenvalue weighted by Gasteiger charge is 2.34. The first-order valence-corrected chi connectivity index (χ1v) is 3.02. The number of hydrogen-bond donors (Lipinski definition) is 1. The molecule has 0 bridgehead atoms. The van der Waals surface area contributed by atoms with Gasteiger partial charge < -0.3 is 10.5 Å². The van der Waals surface area contributed by atoms with E-state index in [9.17, 15) is 9.70 Å². The lowest BCUT2D eigenvalue weighted by Crippen LogP contribution is -2.46. The van der Waals surface area contributed by atoms with Crippen molar-refractivity contribution in [2.45, 2.75) is 6.04 Å². The number of nitrogens with two attached hydrogens (primary N) is 1. The van der Waals surface area contributed by atoms with Gasteiger partial charge in [-0.2, -0.15) is 0 Å². The number of primary amides is 1. The van der Waals surface area contributed by atoms with E-state index in [4.69, 9.17) is 10.5 Å². The number of ether oxygens (including phenoxy) is 1. The molecule has 1 aliphatic heterocycles. The largest absolute Gasteiger partial charge is 0.367 e. The Balaban J connectivity index is 2.56. The van der Waals surface area contributed by atoms with Gasteiger partial charge in [0, 0.05) is 9.67 Å². The molecular weight excluding hydrogens is 136 g/mol. The Morgan fingerprint density at radius 3 is 2.80 bits per heavy atom. The van der Waals surface area contributed by atoms with Crippen LogP contribution in [0, 0.1) is 4.91 Å². The summed E-state index contributed by atoms with van der Waals surface area (Å²) in [4.78, 5) is 21.2. The van der Waals surface area contributed by atoms with E-state index < -0.39 is 11.9 Å². The van der Waals surface area contributed by atoms with Crippen molar-refractivity contribution in [3.05, 3.63) is 4.91 Å². The molecule has 1 fully saturated rings. The van der Waals surface area contributed by atoms with Gasteiger partial charge in [-0.3, -0.25) is 4.79 Å². The molecule has 1 unspecified atom stereocenters. The number of morpholine rings is 1. The minimum atomic E-state index is -0.784. The van der Waals surface area contributed by atoms with Crippen molar-refractivity contribution in [2.75, 3.05) is 19.8 Å². The Morgan fingerprint density at radius 2 is 2.40 bits per heavy atom. The molecule has 5 heteroatoms. The van der Waals surface area contributed by atoms with Gasteiger partial charge in [0.15, 0.2) is 0 Å². The summed E-state index contributed by atoms with van der Waals surface area (Å²) in [5, 5.41) is 0. The Kier molecular flexibility index (Phi) is 1.96. The first-order valence-electron chi connectivity index (χ1n) is 3.02. The standard InChI is InChI=1S/C5H8N2O3/c6-5(8)4-3-10-2-1-7(4)9/h4H,1-3H2,(H-,6,8)/p+1. The molecule has 1 heterocycles. The zero-order chi connectivity index (χ0) is 7.56. The van der Waals surface area contributed by atoms with E-state index in [-0.39, 0.29) is 13.2 Å². The third kappa shape index (κ3) is 1.30. The molecule has 1 rings (SSSR count). The van der Waals surface area contributed by atoms with Crippen LogP contribution in [0.2, 0.25) is 0 Å². The molecule has 5 nitrogen and oxygen atoms in total. The fraction of sp³-hybridized carbons (Fsp3) is 0.800. The van der Waals surface area contributed by atoms with Crippen LogP contribution < -0.4 is 5.73 Å². The lowest BCUT2D eigenvalue weighted by Gasteiger charge is -2.10. The highest BCUT2D eigenvalue weighted by molar-refractivity contribution is 5.78. The smallest absolute Gasteiger partial charge is 0.300 e. The molecular formula is C5H9N2O3+. The first-order chi connectivity index (χ1) is 4.72. The van der Waals surface area contributed by atoms with E-state index >= 15 is 0 Å². The van der Waals surface area contributed by atoms with Crippen LogP contribution in [-0.4, -0.2) is 36.5 Å². The Bertz CT molecular complexity index is 168. The van der Waals surface area contributed by atoms with Gasteiger partial charge in [0.1, 0.15) is 13.2 Å². The van der Waals surface area contributed by atoms with Crippen molar-refractivity contribution >= 4 is 5.91 Å². The van der Waals surface area contributed by atoms with E-state index in [0.29, 0.717) is 11.4 Å². The van der Waals surface area contributed by atoms with Crippen LogP contribution >= 0.6 is 0 Å². The third-order valence-electron chi connectivity index (χ3n) is 1.41. The number of amides is 1. The molecule has 0 aromatic carbocycles. The number of carbonyl (C=O) groups excluding carboxylic acids is 1. The number of nitroso groups, excluding NO2 is 1. The summed E-state index contributed by atoms with van der Waals surface area (Å²) in [6.45, 7) is 0.736. The molecule has 10 heavy (non-hydrogen) atoms. The van der Waals surface area contributed by atoms with Crippen molar-refractivity contribution in [3.8, 4) is 0 Å². The maximum absolute atomic E-state index is 10.8. The lowest BCUT2D eigenvalue weighted by molar-refractivity contribution is -0.592. The van der Waals surface area contributed by atoms with Crippen LogP contribution in [0.25, 0.3) is 0 Å². The average Bonchev–Trinajstić information content (AvgIpc) is 1.88. The van der Waals surface area contributed by atoms with Gasteiger partial charge in [-0.1, -0.05) is 0 Å². The molecule has 1 saturated heterocycles. The maximum atomic E-state index is 10.8. The topological polar surface area (TPSA) is 72.4 Å². The summed E-state index contributed by atoms with van der Waals surface area (Å²) in [7, 11) is 0. The molecule has 0 spiro atoms. The summed E-state index contributed by atoms with van der Waals surface area (Å²) in [5.74, 6) is -0.616. The van der Waals surface area contributed by atoms with E-state index in [1.165, 1.54) is 0 Å². The van der Waals surface area contributed by atoms with Crippen LogP contribution in [0.3, 0.4) is 0 Å². The van der Waals surface area contributed by atoms with Crippen LogP contribution in [0.5, 0.6) is 0 Å². The normalized spacial score (nSPS) is 26.4. The van der Waals surface area contributed by atoms with Gasteiger partial charge in [0.2, 0.25) is 6.54 Å². The molecule has 56 valence electrons. The molecule has 1 atom stereocenters. The van der Waals surface area contributed by atoms with Crippen molar-refractivity contribution in [1.82, 2.24) is 0 Å². The predicted molar refractivity (Wildman–Crippen MR) is 32.3 cm³/mol. The fourth-order valence-electron chi connectivity index (χ4n) is 0.813. The monoisotopic (exact) mass is 145 g/mol. The molecule has 2 N–H and O–H groups in total. The molecule has 0 saturated carbocycles. The Morgan fingerprint density at radius 1 is 1.70 bits per heavy atom. The van der Waals surface area contributed by atoms with E-state index in [0.717, 1.165) is 0 Å². The second-order valence-electron chi connectivity index (χ2n) is 2.13. The second-order valence-corrected chi connectivity index (χ2v) is 2.13. The minimum Gasteiger partial charge on any atom is -0.367 e. The first kappa shape index (κ1) is 7.14. The fourth-order valence-corrected chi connectivity index (χ4v) is 0.813. The van der Waals surface area contributed by atoms with Crippen LogP contribution in [-0.2, 0) is 9.53 Å². The SMILES string of the molecule is NC(=O)C1COCC[N+]1=O. The molecule has 0 aliphatic carbocycles. The van der Waals surface area contributed by atoms with Gasteiger partial charge in [-0.05, 0) is 0 Å². The molecule has 0 aromatic rings. The number of rotatable bonds is 1. The number of nitrogens with zero attached hydrogens (tertiary/aromatic N) is 1. The third-order valence-corrected chi connectivity index (χ3v) is 1.41. The van der Waals surface area contributed by atoms with Gasteiger partial charge >= 0.3 is 6.04 Å². The predicted octanol–water partition coefficient (Wildman–Crippen LogP) is -1.35. The summed E-state index contributed by atoms with van der Waals surface area (Å²) in [6, 6.07) is -0.784. The quantitative estimate of drug-likeness (QED) is 0.463. The summed E-state index contributed by atoms with van der Waals surface area (Å²) in [6.07, 6.45) is 0. The highest BCUT2D eigenvalue weighted by Crippen LogP contribution is 1.98. The zero-order valence-corrected chi connectivity index (χ0v) is 5.45. The Labute approximate surface area is 57.7 Å². The summed E-state index contributed by atoms with van der Waals surface area (Å²) >= 11 is 0. The van der Waals surface area contributed by atoms with Crippen LogP contribution in [0.4, 0.5) is 0 Å². The van der Waals surface area contributed by atoms with Crippen LogP contribution in [0.15, 0.2) is 0 Å². The van der Waals surface area contributed by atoms with E-state index in [1.807, 2.05) is 0 Å². The minimum absolute atomic E-state index is 0.124. The van der Waals surface area contributed by atoms with Gasteiger partial charge in [-0.15, -0.1) is 0 Å². The number of carbonyl (C=O) groups is 1. The molecule has 0 aromatic heterocycles. The van der Waals surface area contributed by atoms with Gasteiger partial charge in [-0.25, -0.2) is 0 Å². The Hall–Kier alpha value is -0.970. The summed E-state index contributed by atoms with van der Waals surface area (Å²) < 4.78 is 5.53. The second kappa shape index (κ2) is 2.74. The van der Waals surface area contributed by atoms with Crippen LogP contribution in [0.1, 0.15) is 0 Å². The molecule has 0 radical (unpaired) electrons. The van der Waals surface area contributed by atoms with Crippen molar-refractivity contribution < 1.29 is 14.3 Å².